The van der Waals surface area contributed by atoms with Crippen LogP contribution in [0.15, 0.2) is 48.5 Å². The number of carbonyl (C=O) groups excluding carboxylic acids is 3. The highest BCUT2D eigenvalue weighted by Crippen LogP contribution is 2.28. The normalized spacial score (nSPS) is 15.6. The largest absolute Gasteiger partial charge is 0.508 e. The van der Waals surface area contributed by atoms with Gasteiger partial charge in [-0.05, 0) is 82.7 Å². The Hall–Kier alpha value is -3.55. The topological polar surface area (TPSA) is 108 Å². The summed E-state index contributed by atoms with van der Waals surface area (Å²) in [5, 5.41) is 15.8. The van der Waals surface area contributed by atoms with Gasteiger partial charge >= 0.3 is 6.09 Å². The smallest absolute Gasteiger partial charge is 0.408 e. The van der Waals surface area contributed by atoms with Crippen LogP contribution < -0.4 is 10.6 Å². The van der Waals surface area contributed by atoms with Crippen LogP contribution in [0, 0.1) is 0 Å². The zero-order valence-electron chi connectivity index (χ0n) is 25.4. The first-order chi connectivity index (χ1) is 19.4. The summed E-state index contributed by atoms with van der Waals surface area (Å²) in [4.78, 5) is 42.9. The van der Waals surface area contributed by atoms with Gasteiger partial charge in [0.25, 0.3) is 0 Å². The van der Waals surface area contributed by atoms with E-state index >= 15 is 0 Å². The molecule has 3 N–H and O–H groups in total. The Morgan fingerprint density at radius 1 is 0.951 bits per heavy atom. The lowest BCUT2D eigenvalue weighted by Gasteiger charge is -2.38. The number of phenols is 1. The molecule has 2 aromatic carbocycles. The van der Waals surface area contributed by atoms with Gasteiger partial charge in [0, 0.05) is 18.5 Å². The maximum atomic E-state index is 14.4. The highest BCUT2D eigenvalue weighted by molar-refractivity contribution is 5.92. The third-order valence-electron chi connectivity index (χ3n) is 7.36. The molecular weight excluding hydrogens is 518 g/mol. The monoisotopic (exact) mass is 565 g/mol. The van der Waals surface area contributed by atoms with Crippen molar-refractivity contribution in [1.29, 1.82) is 0 Å². The average molecular weight is 566 g/mol. The van der Waals surface area contributed by atoms with Crippen molar-refractivity contribution < 1.29 is 24.2 Å². The molecule has 0 aliphatic heterocycles. The molecule has 1 aliphatic carbocycles. The molecule has 0 aromatic heterocycles. The molecule has 8 heteroatoms. The number of alkyl carbamates (subject to hydrolysis) is 1. The van der Waals surface area contributed by atoms with E-state index in [1.54, 1.807) is 49.9 Å². The Bertz CT molecular complexity index is 1150. The minimum atomic E-state index is -1.00. The summed E-state index contributed by atoms with van der Waals surface area (Å²) in [5.74, 6) is -0.498. The van der Waals surface area contributed by atoms with Crippen molar-refractivity contribution in [2.24, 2.45) is 0 Å². The molecule has 2 unspecified atom stereocenters. The second-order valence-corrected chi connectivity index (χ2v) is 12.2. The molecule has 3 amide bonds. The fourth-order valence-electron chi connectivity index (χ4n) is 5.28. The fourth-order valence-corrected chi connectivity index (χ4v) is 5.28. The molecular formula is C33H47N3O5. The number of aromatic hydroxyl groups is 1. The third kappa shape index (κ3) is 9.51. The molecule has 1 fully saturated rings. The van der Waals surface area contributed by atoms with Gasteiger partial charge in [0.1, 0.15) is 23.4 Å². The lowest BCUT2D eigenvalue weighted by molar-refractivity contribution is -0.145. The van der Waals surface area contributed by atoms with Crippen molar-refractivity contribution in [3.8, 4) is 5.75 Å². The van der Waals surface area contributed by atoms with Crippen molar-refractivity contribution in [2.75, 3.05) is 0 Å². The molecule has 1 aliphatic rings. The van der Waals surface area contributed by atoms with E-state index in [-0.39, 0.29) is 36.1 Å². The minimum absolute atomic E-state index is 0.0745. The third-order valence-corrected chi connectivity index (χ3v) is 7.36. The van der Waals surface area contributed by atoms with E-state index in [9.17, 15) is 19.5 Å². The number of rotatable bonds is 10. The number of amides is 3. The van der Waals surface area contributed by atoms with E-state index in [0.29, 0.717) is 0 Å². The summed E-state index contributed by atoms with van der Waals surface area (Å²) in [6.07, 6.45) is 5.46. The van der Waals surface area contributed by atoms with Crippen LogP contribution in [-0.4, -0.2) is 51.6 Å². The maximum absolute atomic E-state index is 14.4. The number of hydrogen-bond donors (Lipinski definition) is 3. The van der Waals surface area contributed by atoms with Crippen LogP contribution in [0.2, 0.25) is 0 Å². The SMILES string of the molecule is CCc1ccc(C(C(=O)NC2CCCCC2)N(C(=O)C(Cc2ccc(O)cc2)NC(=O)OC(C)(C)C)C(C)C)cc1. The van der Waals surface area contributed by atoms with E-state index in [1.807, 2.05) is 38.1 Å². The molecule has 224 valence electrons. The second kappa shape index (κ2) is 14.4. The summed E-state index contributed by atoms with van der Waals surface area (Å²) in [6, 6.07) is 12.2. The van der Waals surface area contributed by atoms with Crippen LogP contribution >= 0.6 is 0 Å². The lowest BCUT2D eigenvalue weighted by Crippen LogP contribution is -2.56. The molecule has 41 heavy (non-hydrogen) atoms. The first-order valence-electron chi connectivity index (χ1n) is 14.9. The Kier molecular flexibility index (Phi) is 11.2. The van der Waals surface area contributed by atoms with Crippen molar-refractivity contribution in [2.45, 2.75) is 116 Å². The molecule has 2 aromatic rings. The molecule has 0 saturated heterocycles. The maximum Gasteiger partial charge on any atom is 0.408 e. The standard InChI is InChI=1S/C33H47N3O5/c1-7-23-13-17-25(18-14-23)29(30(38)34-26-11-9-8-10-12-26)36(22(2)3)31(39)28(35-32(40)41-33(4,5)6)21-24-15-19-27(37)20-16-24/h13-20,22,26,28-29,37H,7-12,21H2,1-6H3,(H,34,38)(H,35,40). The van der Waals surface area contributed by atoms with Gasteiger partial charge in [-0.3, -0.25) is 9.59 Å². The Labute approximate surface area is 244 Å². The number of aryl methyl sites for hydroxylation is 1. The summed E-state index contributed by atoms with van der Waals surface area (Å²) in [7, 11) is 0. The number of benzene rings is 2. The minimum Gasteiger partial charge on any atom is -0.508 e. The van der Waals surface area contributed by atoms with Gasteiger partial charge < -0.3 is 25.4 Å². The van der Waals surface area contributed by atoms with Crippen LogP contribution in [-0.2, 0) is 27.2 Å². The van der Waals surface area contributed by atoms with Gasteiger partial charge in [0.05, 0.1) is 0 Å². The molecule has 1 saturated carbocycles. The summed E-state index contributed by atoms with van der Waals surface area (Å²) < 4.78 is 5.49. The van der Waals surface area contributed by atoms with Crippen LogP contribution in [0.3, 0.4) is 0 Å². The molecule has 2 atom stereocenters. The number of nitrogens with one attached hydrogen (secondary N) is 2. The molecule has 0 heterocycles. The number of nitrogens with zero attached hydrogens (tertiary/aromatic N) is 1. The van der Waals surface area contributed by atoms with E-state index in [1.165, 1.54) is 6.42 Å². The van der Waals surface area contributed by atoms with E-state index < -0.39 is 23.8 Å². The van der Waals surface area contributed by atoms with Crippen LogP contribution in [0.1, 0.15) is 96.4 Å². The van der Waals surface area contributed by atoms with Gasteiger partial charge in [0.15, 0.2) is 0 Å². The number of carbonyl (C=O) groups is 3. The Balaban J connectivity index is 2.00. The van der Waals surface area contributed by atoms with Crippen LogP contribution in [0.25, 0.3) is 0 Å². The van der Waals surface area contributed by atoms with Crippen LogP contribution in [0.4, 0.5) is 4.79 Å². The zero-order valence-corrected chi connectivity index (χ0v) is 25.4. The predicted molar refractivity (Wildman–Crippen MR) is 161 cm³/mol. The first-order valence-corrected chi connectivity index (χ1v) is 14.9. The lowest BCUT2D eigenvalue weighted by atomic mass is 9.94. The summed E-state index contributed by atoms with van der Waals surface area (Å²) >= 11 is 0. The van der Waals surface area contributed by atoms with E-state index in [0.717, 1.165) is 48.8 Å². The number of ether oxygens (including phenoxy) is 1. The van der Waals surface area contributed by atoms with Crippen molar-refractivity contribution in [3.05, 3.63) is 65.2 Å². The number of hydrogen-bond acceptors (Lipinski definition) is 5. The molecule has 0 bridgehead atoms. The van der Waals surface area contributed by atoms with Crippen molar-refractivity contribution >= 4 is 17.9 Å². The van der Waals surface area contributed by atoms with E-state index in [2.05, 4.69) is 17.6 Å². The second-order valence-electron chi connectivity index (χ2n) is 12.2. The Morgan fingerprint density at radius 2 is 1.54 bits per heavy atom. The van der Waals surface area contributed by atoms with E-state index in [4.69, 9.17) is 4.74 Å². The predicted octanol–water partition coefficient (Wildman–Crippen LogP) is 5.82. The molecule has 0 spiro atoms. The van der Waals surface area contributed by atoms with Gasteiger partial charge in [-0.2, -0.15) is 0 Å². The van der Waals surface area contributed by atoms with Gasteiger partial charge in [-0.25, -0.2) is 4.79 Å². The number of phenolic OH excluding ortho intramolecular Hbond substituents is 1. The van der Waals surface area contributed by atoms with Gasteiger partial charge in [-0.15, -0.1) is 0 Å². The van der Waals surface area contributed by atoms with Gasteiger partial charge in [-0.1, -0.05) is 62.6 Å². The first kappa shape index (κ1) is 32.0. The zero-order chi connectivity index (χ0) is 30.2. The van der Waals surface area contributed by atoms with Crippen LogP contribution in [0.5, 0.6) is 5.75 Å². The molecule has 8 nitrogen and oxygen atoms in total. The average Bonchev–Trinajstić information content (AvgIpc) is 2.91. The highest BCUT2D eigenvalue weighted by Gasteiger charge is 2.38. The van der Waals surface area contributed by atoms with Crippen molar-refractivity contribution in [1.82, 2.24) is 15.5 Å². The molecule has 0 radical (unpaired) electrons. The Morgan fingerprint density at radius 3 is 2.07 bits per heavy atom. The molecule has 3 rings (SSSR count). The highest BCUT2D eigenvalue weighted by atomic mass is 16.6. The summed E-state index contributed by atoms with van der Waals surface area (Å²) in [6.45, 7) is 11.1. The van der Waals surface area contributed by atoms with Crippen molar-refractivity contribution in [3.63, 3.8) is 0 Å². The quantitative estimate of drug-likeness (QED) is 0.337. The summed E-state index contributed by atoms with van der Waals surface area (Å²) in [5.41, 5.74) is 1.85. The van der Waals surface area contributed by atoms with Gasteiger partial charge in [0.2, 0.25) is 11.8 Å². The fraction of sp³-hybridized carbons (Fsp3) is 0.545.